The molecule has 0 unspecified atom stereocenters. The number of nitrogens with zero attached hydrogens (tertiary/aromatic N) is 2. The summed E-state index contributed by atoms with van der Waals surface area (Å²) >= 11 is 0. The molecule has 0 bridgehead atoms. The highest BCUT2D eigenvalue weighted by Gasteiger charge is 2.39. The second-order valence-corrected chi connectivity index (χ2v) is 10.1. The summed E-state index contributed by atoms with van der Waals surface area (Å²) in [4.78, 5) is 48.1. The fraction of sp³-hybridized carbons (Fsp3) is 0.480. The first-order valence-electron chi connectivity index (χ1n) is 11.6. The molecule has 2 N–H and O–H groups in total. The highest BCUT2D eigenvalue weighted by atomic mass is 16.6. The van der Waals surface area contributed by atoms with Crippen LogP contribution in [-0.4, -0.2) is 62.5 Å². The van der Waals surface area contributed by atoms with Gasteiger partial charge in [0.15, 0.2) is 0 Å². The predicted octanol–water partition coefficient (Wildman–Crippen LogP) is 4.01. The number of carbonyl (C=O) groups is 2. The first-order chi connectivity index (χ1) is 15.7. The third-order valence-electron chi connectivity index (χ3n) is 6.44. The molecule has 1 aromatic carbocycles. The zero-order valence-electron chi connectivity index (χ0n) is 19.3. The number of likely N-dealkylation sites (tertiary alicyclic amines) is 1. The zero-order valence-corrected chi connectivity index (χ0v) is 19.3. The van der Waals surface area contributed by atoms with Crippen molar-refractivity contribution in [2.24, 2.45) is 0 Å². The van der Waals surface area contributed by atoms with Crippen LogP contribution in [0.1, 0.15) is 56.8 Å². The summed E-state index contributed by atoms with van der Waals surface area (Å²) in [5.41, 5.74) is 1.07. The minimum atomic E-state index is -0.550. The maximum absolute atomic E-state index is 13.6. The molecule has 0 spiro atoms. The van der Waals surface area contributed by atoms with E-state index in [-0.39, 0.29) is 29.6 Å². The Labute approximate surface area is 191 Å². The van der Waals surface area contributed by atoms with Crippen molar-refractivity contribution in [2.45, 2.75) is 64.1 Å². The van der Waals surface area contributed by atoms with Crippen molar-refractivity contribution >= 4 is 33.8 Å². The Bertz CT molecular complexity index is 1280. The summed E-state index contributed by atoms with van der Waals surface area (Å²) in [5, 5.41) is 1.64. The van der Waals surface area contributed by atoms with Crippen molar-refractivity contribution in [3.05, 3.63) is 46.4 Å². The number of fused-ring (bicyclic) bond motifs is 3. The van der Waals surface area contributed by atoms with Crippen molar-refractivity contribution in [1.29, 1.82) is 0 Å². The van der Waals surface area contributed by atoms with E-state index in [0.29, 0.717) is 29.7 Å². The minimum Gasteiger partial charge on any atom is -0.444 e. The van der Waals surface area contributed by atoms with Crippen molar-refractivity contribution in [3.8, 4) is 0 Å². The van der Waals surface area contributed by atoms with Gasteiger partial charge in [-0.15, -0.1) is 0 Å². The van der Waals surface area contributed by atoms with Crippen LogP contribution in [0.3, 0.4) is 0 Å². The molecule has 2 aromatic heterocycles. The van der Waals surface area contributed by atoms with Gasteiger partial charge in [-0.1, -0.05) is 0 Å². The number of ether oxygens (including phenoxy) is 1. The lowest BCUT2D eigenvalue weighted by atomic mass is 10.1. The van der Waals surface area contributed by atoms with Crippen LogP contribution in [0.4, 0.5) is 4.79 Å². The van der Waals surface area contributed by atoms with Gasteiger partial charge in [-0.3, -0.25) is 9.59 Å². The van der Waals surface area contributed by atoms with E-state index < -0.39 is 5.60 Å². The van der Waals surface area contributed by atoms with E-state index in [1.807, 2.05) is 37.8 Å². The van der Waals surface area contributed by atoms with E-state index in [2.05, 4.69) is 9.97 Å². The number of H-pyrrole nitrogens is 2. The summed E-state index contributed by atoms with van der Waals surface area (Å²) in [6, 6.07) is 7.45. The summed E-state index contributed by atoms with van der Waals surface area (Å²) in [5.74, 6) is -0.0367. The van der Waals surface area contributed by atoms with Crippen molar-refractivity contribution < 1.29 is 14.3 Å². The Hall–Kier alpha value is -3.29. The van der Waals surface area contributed by atoms with Crippen LogP contribution in [0, 0.1) is 0 Å². The SMILES string of the molecule is CC(C)(C)OC(=O)N1CCC[C@H]1CN(C(=O)c1ccc2[nH]c(=O)c3[nH]ccc3c2c1)C1CC1. The zero-order chi connectivity index (χ0) is 23.3. The third kappa shape index (κ3) is 4.21. The van der Waals surface area contributed by atoms with Crippen LogP contribution in [0.2, 0.25) is 0 Å². The number of carbonyl (C=O) groups excluding carboxylic acids is 2. The number of hydrogen-bond donors (Lipinski definition) is 2. The summed E-state index contributed by atoms with van der Waals surface area (Å²) in [7, 11) is 0. The molecule has 1 saturated heterocycles. The van der Waals surface area contributed by atoms with E-state index in [1.54, 1.807) is 23.2 Å². The van der Waals surface area contributed by atoms with Gasteiger partial charge in [0.05, 0.1) is 6.04 Å². The van der Waals surface area contributed by atoms with Crippen molar-refractivity contribution in [2.75, 3.05) is 13.1 Å². The van der Waals surface area contributed by atoms with Gasteiger partial charge in [0.2, 0.25) is 0 Å². The molecule has 2 amide bonds. The normalized spacial score (nSPS) is 18.8. The molecule has 174 valence electrons. The van der Waals surface area contributed by atoms with E-state index >= 15 is 0 Å². The number of rotatable bonds is 4. The molecule has 1 aliphatic carbocycles. The Morgan fingerprint density at radius 3 is 2.67 bits per heavy atom. The molecule has 0 radical (unpaired) electrons. The molecule has 1 atom stereocenters. The number of hydrogen-bond acceptors (Lipinski definition) is 4. The first kappa shape index (κ1) is 21.6. The van der Waals surface area contributed by atoms with Gasteiger partial charge in [0.25, 0.3) is 11.5 Å². The predicted molar refractivity (Wildman–Crippen MR) is 126 cm³/mol. The topological polar surface area (TPSA) is 98.5 Å². The lowest BCUT2D eigenvalue weighted by Crippen LogP contribution is -2.47. The average Bonchev–Trinajstić information content (AvgIpc) is 3.27. The molecule has 2 aliphatic rings. The first-order valence-corrected chi connectivity index (χ1v) is 11.6. The van der Waals surface area contributed by atoms with Crippen LogP contribution in [0.15, 0.2) is 35.3 Å². The maximum atomic E-state index is 13.6. The number of aromatic nitrogens is 2. The van der Waals surface area contributed by atoms with Crippen LogP contribution in [0.25, 0.3) is 21.8 Å². The Morgan fingerprint density at radius 2 is 1.94 bits per heavy atom. The lowest BCUT2D eigenvalue weighted by molar-refractivity contribution is 0.0188. The number of nitrogens with one attached hydrogen (secondary N) is 2. The number of amides is 2. The summed E-state index contributed by atoms with van der Waals surface area (Å²) < 4.78 is 5.60. The highest BCUT2D eigenvalue weighted by Crippen LogP contribution is 2.32. The second-order valence-electron chi connectivity index (χ2n) is 10.1. The average molecular weight is 451 g/mol. The van der Waals surface area contributed by atoms with Gasteiger partial charge in [-0.05, 0) is 70.7 Å². The Kier molecular flexibility index (Phi) is 5.18. The molecule has 3 heterocycles. The number of pyridine rings is 1. The van der Waals surface area contributed by atoms with Crippen molar-refractivity contribution in [3.63, 3.8) is 0 Å². The molecule has 8 nitrogen and oxygen atoms in total. The molecule has 8 heteroatoms. The largest absolute Gasteiger partial charge is 0.444 e. The molecular formula is C25H30N4O4. The molecular weight excluding hydrogens is 420 g/mol. The van der Waals surface area contributed by atoms with Gasteiger partial charge in [-0.2, -0.15) is 0 Å². The van der Waals surface area contributed by atoms with Gasteiger partial charge < -0.3 is 24.5 Å². The van der Waals surface area contributed by atoms with Crippen LogP contribution in [-0.2, 0) is 4.74 Å². The molecule has 3 aromatic rings. The third-order valence-corrected chi connectivity index (χ3v) is 6.44. The van der Waals surface area contributed by atoms with E-state index in [1.165, 1.54) is 0 Å². The fourth-order valence-electron chi connectivity index (χ4n) is 4.74. The molecule has 33 heavy (non-hydrogen) atoms. The summed E-state index contributed by atoms with van der Waals surface area (Å²) in [6.07, 6.45) is 5.15. The van der Waals surface area contributed by atoms with Gasteiger partial charge >= 0.3 is 6.09 Å². The van der Waals surface area contributed by atoms with Gasteiger partial charge in [-0.25, -0.2) is 4.79 Å². The molecule has 1 aliphatic heterocycles. The van der Waals surface area contributed by atoms with Gasteiger partial charge in [0, 0.05) is 47.2 Å². The fourth-order valence-corrected chi connectivity index (χ4v) is 4.74. The standard InChI is InChI=1S/C25H30N4O4/c1-25(2,3)33-24(32)28-12-4-5-17(28)14-29(16-7-8-16)23(31)15-6-9-20-19(13-15)18-10-11-26-21(18)22(30)27-20/h6,9-11,13,16-17,26H,4-5,7-8,12,14H2,1-3H3,(H,27,30)/t17-/m0/s1. The quantitative estimate of drug-likeness (QED) is 0.627. The summed E-state index contributed by atoms with van der Waals surface area (Å²) in [6.45, 7) is 6.76. The minimum absolute atomic E-state index is 0.0367. The monoisotopic (exact) mass is 450 g/mol. The van der Waals surface area contributed by atoms with Crippen LogP contribution in [0.5, 0.6) is 0 Å². The van der Waals surface area contributed by atoms with E-state index in [9.17, 15) is 14.4 Å². The second kappa shape index (κ2) is 7.93. The Morgan fingerprint density at radius 1 is 1.15 bits per heavy atom. The Balaban J connectivity index is 1.41. The highest BCUT2D eigenvalue weighted by molar-refractivity contribution is 6.07. The van der Waals surface area contributed by atoms with E-state index in [4.69, 9.17) is 4.74 Å². The smallest absolute Gasteiger partial charge is 0.410 e. The van der Waals surface area contributed by atoms with E-state index in [0.717, 1.165) is 36.5 Å². The number of benzene rings is 1. The van der Waals surface area contributed by atoms with Crippen LogP contribution < -0.4 is 5.56 Å². The molecule has 1 saturated carbocycles. The van der Waals surface area contributed by atoms with Crippen molar-refractivity contribution in [1.82, 2.24) is 19.8 Å². The van der Waals surface area contributed by atoms with Crippen LogP contribution >= 0.6 is 0 Å². The molecule has 2 fully saturated rings. The van der Waals surface area contributed by atoms with Gasteiger partial charge in [0.1, 0.15) is 11.1 Å². The maximum Gasteiger partial charge on any atom is 0.410 e. The number of aromatic amines is 2. The molecule has 5 rings (SSSR count). The lowest BCUT2D eigenvalue weighted by Gasteiger charge is -2.32.